The van der Waals surface area contributed by atoms with Gasteiger partial charge < -0.3 is 30.8 Å². The first-order valence-corrected chi connectivity index (χ1v) is 8.78. The Hall–Kier alpha value is -2.88. The molecule has 0 saturated carbocycles. The summed E-state index contributed by atoms with van der Waals surface area (Å²) >= 11 is 0. The second kappa shape index (κ2) is 9.17. The Morgan fingerprint density at radius 3 is 2.67 bits per heavy atom. The Balaban J connectivity index is 2.13. The number of amides is 2. The van der Waals surface area contributed by atoms with Crippen molar-refractivity contribution in [2.75, 3.05) is 25.4 Å². The van der Waals surface area contributed by atoms with Crippen LogP contribution < -0.4 is 16.4 Å². The number of hydrogen-bond donors (Lipinski definition) is 4. The first-order valence-electron chi connectivity index (χ1n) is 8.78. The van der Waals surface area contributed by atoms with Crippen molar-refractivity contribution in [1.82, 2.24) is 25.2 Å². The number of anilines is 1. The third-order valence-electron chi connectivity index (χ3n) is 4.15. The number of carboxylic acids is 1. The van der Waals surface area contributed by atoms with Crippen LogP contribution in [0.4, 0.5) is 10.6 Å². The van der Waals surface area contributed by atoms with Gasteiger partial charge in [-0.25, -0.2) is 14.8 Å². The van der Waals surface area contributed by atoms with Gasteiger partial charge in [0.05, 0.1) is 5.52 Å². The normalized spacial score (nSPS) is 10.9. The number of pyridine rings is 1. The lowest BCUT2D eigenvalue weighted by atomic mass is 10.2. The van der Waals surface area contributed by atoms with Crippen LogP contribution in [0.1, 0.15) is 30.4 Å². The number of aryl methyl sites for hydroxylation is 3. The Labute approximate surface area is 157 Å². The van der Waals surface area contributed by atoms with Crippen LogP contribution >= 0.6 is 0 Å². The first kappa shape index (κ1) is 20.4. The van der Waals surface area contributed by atoms with Crippen molar-refractivity contribution in [1.29, 1.82) is 0 Å². The second-order valence-corrected chi connectivity index (χ2v) is 6.08. The third-order valence-corrected chi connectivity index (χ3v) is 4.15. The fourth-order valence-electron chi connectivity index (χ4n) is 2.75. The molecule has 0 aliphatic carbocycles. The van der Waals surface area contributed by atoms with Gasteiger partial charge in [0, 0.05) is 25.4 Å². The number of ether oxygens (including phenoxy) is 1. The monoisotopic (exact) mass is 378 g/mol. The molecule has 0 atom stereocenters. The van der Waals surface area contributed by atoms with E-state index >= 15 is 0 Å². The standard InChI is InChI=1S/C17H26N6O4/c1-4-27-9-12-22-14-15(10(2)11(3)21-16(14)18)23(12)7-5-6-19-17(26)20-8-13(24)25/h4-9H2,1-3H3,(H2,18,21)(H,24,25)(H2,19,20,26). The summed E-state index contributed by atoms with van der Waals surface area (Å²) in [6, 6.07) is -0.511. The van der Waals surface area contributed by atoms with Crippen LogP contribution in [0, 0.1) is 13.8 Å². The molecule has 10 heteroatoms. The minimum absolute atomic E-state index is 0.357. The highest BCUT2D eigenvalue weighted by Gasteiger charge is 2.17. The maximum Gasteiger partial charge on any atom is 0.323 e. The highest BCUT2D eigenvalue weighted by Crippen LogP contribution is 2.26. The number of carboxylic acid groups (broad SMARTS) is 1. The van der Waals surface area contributed by atoms with Crippen molar-refractivity contribution in [2.24, 2.45) is 0 Å². The predicted octanol–water partition coefficient (Wildman–Crippen LogP) is 0.941. The van der Waals surface area contributed by atoms with Gasteiger partial charge in [-0.3, -0.25) is 4.79 Å². The maximum absolute atomic E-state index is 11.5. The summed E-state index contributed by atoms with van der Waals surface area (Å²) in [5.74, 6) is 0.0489. The van der Waals surface area contributed by atoms with Gasteiger partial charge in [0.2, 0.25) is 0 Å². The number of hydrogen-bond acceptors (Lipinski definition) is 6. The smallest absolute Gasteiger partial charge is 0.323 e. The van der Waals surface area contributed by atoms with E-state index in [-0.39, 0.29) is 0 Å². The fraction of sp³-hybridized carbons (Fsp3) is 0.529. The van der Waals surface area contributed by atoms with Crippen LogP contribution in [0.2, 0.25) is 0 Å². The van der Waals surface area contributed by atoms with Crippen LogP contribution in [0.25, 0.3) is 11.0 Å². The van der Waals surface area contributed by atoms with Crippen molar-refractivity contribution in [3.05, 3.63) is 17.1 Å². The van der Waals surface area contributed by atoms with Crippen molar-refractivity contribution in [3.8, 4) is 0 Å². The second-order valence-electron chi connectivity index (χ2n) is 6.08. The minimum atomic E-state index is -1.09. The Morgan fingerprint density at radius 2 is 2.00 bits per heavy atom. The molecule has 0 aromatic carbocycles. The van der Waals surface area contributed by atoms with Gasteiger partial charge in [-0.2, -0.15) is 0 Å². The van der Waals surface area contributed by atoms with Crippen LogP contribution in [0.15, 0.2) is 0 Å². The number of nitrogens with zero attached hydrogens (tertiary/aromatic N) is 3. The molecule has 0 saturated heterocycles. The first-order chi connectivity index (χ1) is 12.8. The summed E-state index contributed by atoms with van der Waals surface area (Å²) in [7, 11) is 0. The molecule has 0 spiro atoms. The van der Waals surface area contributed by atoms with Gasteiger partial charge in [-0.05, 0) is 32.8 Å². The number of imidazole rings is 1. The number of nitrogens with one attached hydrogen (secondary N) is 2. The van der Waals surface area contributed by atoms with Gasteiger partial charge >= 0.3 is 12.0 Å². The highest BCUT2D eigenvalue weighted by atomic mass is 16.5. The molecule has 2 aromatic rings. The molecule has 0 bridgehead atoms. The summed E-state index contributed by atoms with van der Waals surface area (Å²) in [6.45, 7) is 7.29. The third kappa shape index (κ3) is 5.07. The van der Waals surface area contributed by atoms with E-state index in [0.29, 0.717) is 44.1 Å². The molecule has 2 amide bonds. The highest BCUT2D eigenvalue weighted by molar-refractivity contribution is 5.88. The largest absolute Gasteiger partial charge is 0.480 e. The van der Waals surface area contributed by atoms with Crippen molar-refractivity contribution in [3.63, 3.8) is 0 Å². The molecule has 0 aliphatic rings. The number of rotatable bonds is 9. The Bertz CT molecular complexity index is 833. The van der Waals surface area contributed by atoms with Gasteiger partial charge in [-0.1, -0.05) is 0 Å². The summed E-state index contributed by atoms with van der Waals surface area (Å²) < 4.78 is 7.56. The zero-order valence-electron chi connectivity index (χ0n) is 15.8. The summed E-state index contributed by atoms with van der Waals surface area (Å²) in [5.41, 5.74) is 9.47. The zero-order valence-corrected chi connectivity index (χ0v) is 15.8. The molecule has 0 unspecified atom stereocenters. The number of carbonyl (C=O) groups is 2. The fourth-order valence-corrected chi connectivity index (χ4v) is 2.75. The lowest BCUT2D eigenvalue weighted by Crippen LogP contribution is -2.39. The lowest BCUT2D eigenvalue weighted by Gasteiger charge is -2.12. The Morgan fingerprint density at radius 1 is 1.26 bits per heavy atom. The van der Waals surface area contributed by atoms with E-state index in [1.54, 1.807) is 0 Å². The molecular formula is C17H26N6O4. The zero-order chi connectivity index (χ0) is 20.0. The molecule has 0 fully saturated rings. The summed E-state index contributed by atoms with van der Waals surface area (Å²) in [5, 5.41) is 13.4. The molecule has 27 heavy (non-hydrogen) atoms. The number of aromatic nitrogens is 3. The number of aliphatic carboxylic acids is 1. The van der Waals surface area contributed by atoms with Crippen LogP contribution in [-0.4, -0.2) is 51.3 Å². The van der Waals surface area contributed by atoms with E-state index in [4.69, 9.17) is 15.6 Å². The van der Waals surface area contributed by atoms with Crippen LogP contribution in [-0.2, 0) is 22.7 Å². The predicted molar refractivity (Wildman–Crippen MR) is 100 cm³/mol. The SMILES string of the molecule is CCOCc1nc2c(N)nc(C)c(C)c2n1CCCNC(=O)NCC(=O)O. The number of nitrogens with two attached hydrogens (primary N) is 1. The summed E-state index contributed by atoms with van der Waals surface area (Å²) in [6.07, 6.45) is 0.631. The van der Waals surface area contributed by atoms with E-state index in [2.05, 4.69) is 20.6 Å². The molecule has 2 rings (SSSR count). The van der Waals surface area contributed by atoms with E-state index in [9.17, 15) is 9.59 Å². The maximum atomic E-state index is 11.5. The van der Waals surface area contributed by atoms with E-state index in [1.807, 2.05) is 25.3 Å². The van der Waals surface area contributed by atoms with Crippen molar-refractivity contribution >= 4 is 28.9 Å². The molecule has 2 aromatic heterocycles. The molecule has 2 heterocycles. The number of urea groups is 1. The average molecular weight is 378 g/mol. The molecule has 0 radical (unpaired) electrons. The molecular weight excluding hydrogens is 352 g/mol. The van der Waals surface area contributed by atoms with Crippen molar-refractivity contribution < 1.29 is 19.4 Å². The molecule has 5 N–H and O–H groups in total. The van der Waals surface area contributed by atoms with Gasteiger partial charge in [0.1, 0.15) is 24.5 Å². The topological polar surface area (TPSA) is 144 Å². The van der Waals surface area contributed by atoms with Crippen molar-refractivity contribution in [2.45, 2.75) is 40.3 Å². The molecule has 10 nitrogen and oxygen atoms in total. The lowest BCUT2D eigenvalue weighted by molar-refractivity contribution is -0.135. The quantitative estimate of drug-likeness (QED) is 0.475. The number of nitrogen functional groups attached to an aromatic ring is 1. The average Bonchev–Trinajstić information content (AvgIpc) is 2.99. The molecule has 0 aliphatic heterocycles. The van der Waals surface area contributed by atoms with E-state index < -0.39 is 18.5 Å². The Kier molecular flexibility index (Phi) is 6.94. The number of carbonyl (C=O) groups excluding carboxylic acids is 1. The minimum Gasteiger partial charge on any atom is -0.480 e. The van der Waals surface area contributed by atoms with E-state index in [1.165, 1.54) is 0 Å². The van der Waals surface area contributed by atoms with Crippen LogP contribution in [0.3, 0.4) is 0 Å². The van der Waals surface area contributed by atoms with Crippen LogP contribution in [0.5, 0.6) is 0 Å². The van der Waals surface area contributed by atoms with Gasteiger partial charge in [0.15, 0.2) is 5.82 Å². The van der Waals surface area contributed by atoms with E-state index in [0.717, 1.165) is 22.6 Å². The summed E-state index contributed by atoms with van der Waals surface area (Å²) in [4.78, 5) is 30.9. The molecule has 148 valence electrons. The van der Waals surface area contributed by atoms with Gasteiger partial charge in [0.25, 0.3) is 0 Å². The number of fused-ring (bicyclic) bond motifs is 1. The van der Waals surface area contributed by atoms with Gasteiger partial charge in [-0.15, -0.1) is 0 Å².